The Bertz CT molecular complexity index is 647. The Hall–Kier alpha value is -2.28. The molecule has 23 heavy (non-hydrogen) atoms. The molecule has 122 valence electrons. The van der Waals surface area contributed by atoms with E-state index in [1.165, 1.54) is 0 Å². The molecule has 7 nitrogen and oxygen atoms in total. The highest BCUT2D eigenvalue weighted by Gasteiger charge is 2.35. The molecule has 0 unspecified atom stereocenters. The van der Waals surface area contributed by atoms with Gasteiger partial charge in [-0.2, -0.15) is 0 Å². The normalized spacial score (nSPS) is 26.3. The van der Waals surface area contributed by atoms with Gasteiger partial charge >= 0.3 is 0 Å². The molecule has 3 heterocycles. The van der Waals surface area contributed by atoms with Gasteiger partial charge in [0.15, 0.2) is 11.5 Å². The Morgan fingerprint density at radius 1 is 1.13 bits per heavy atom. The summed E-state index contributed by atoms with van der Waals surface area (Å²) < 4.78 is 16.5. The zero-order valence-corrected chi connectivity index (χ0v) is 12.6. The summed E-state index contributed by atoms with van der Waals surface area (Å²) >= 11 is 0. The lowest BCUT2D eigenvalue weighted by Crippen LogP contribution is -2.44. The number of hydrogen-bond donors (Lipinski definition) is 1. The molecule has 2 amide bonds. The minimum Gasteiger partial charge on any atom is -0.486 e. The van der Waals surface area contributed by atoms with E-state index in [0.717, 1.165) is 0 Å². The first-order chi connectivity index (χ1) is 11.2. The van der Waals surface area contributed by atoms with Crippen LogP contribution in [0.25, 0.3) is 0 Å². The van der Waals surface area contributed by atoms with Gasteiger partial charge in [-0.05, 0) is 18.2 Å². The highest BCUT2D eigenvalue weighted by molar-refractivity contribution is 5.95. The standard InChI is InChI=1S/C16H18N2O5/c19-15-11-6-18(7-12(17-15)9-21-8-11)16(20)10-1-2-13-14(5-10)23-4-3-22-13/h1-2,5,11-12H,3-4,6-9H2,(H,17,19)/t11-,12+/m1/s1. The van der Waals surface area contributed by atoms with Crippen LogP contribution < -0.4 is 14.8 Å². The molecule has 2 bridgehead atoms. The number of nitrogens with zero attached hydrogens (tertiary/aromatic N) is 1. The molecule has 2 atom stereocenters. The van der Waals surface area contributed by atoms with Crippen LogP contribution in [0.15, 0.2) is 18.2 Å². The number of hydrogen-bond acceptors (Lipinski definition) is 5. The van der Waals surface area contributed by atoms with Crippen LogP contribution in [0.2, 0.25) is 0 Å². The molecule has 0 radical (unpaired) electrons. The number of rotatable bonds is 1. The van der Waals surface area contributed by atoms with E-state index >= 15 is 0 Å². The molecule has 0 saturated carbocycles. The molecule has 0 aromatic heterocycles. The molecule has 0 aliphatic carbocycles. The average molecular weight is 318 g/mol. The maximum atomic E-state index is 12.8. The van der Waals surface area contributed by atoms with Crippen molar-refractivity contribution in [1.82, 2.24) is 10.2 Å². The predicted molar refractivity (Wildman–Crippen MR) is 79.6 cm³/mol. The van der Waals surface area contributed by atoms with E-state index in [-0.39, 0.29) is 23.8 Å². The fraction of sp³-hybridized carbons (Fsp3) is 0.500. The summed E-state index contributed by atoms with van der Waals surface area (Å²) in [6, 6.07) is 5.05. The molecule has 7 heteroatoms. The summed E-state index contributed by atoms with van der Waals surface area (Å²) in [4.78, 5) is 26.6. The lowest BCUT2D eigenvalue weighted by atomic mass is 10.1. The van der Waals surface area contributed by atoms with Gasteiger partial charge in [-0.3, -0.25) is 9.59 Å². The molecule has 4 rings (SSSR count). The van der Waals surface area contributed by atoms with Crippen molar-refractivity contribution in [3.05, 3.63) is 23.8 Å². The number of benzene rings is 1. The van der Waals surface area contributed by atoms with Crippen molar-refractivity contribution >= 4 is 11.8 Å². The fourth-order valence-corrected chi connectivity index (χ4v) is 3.15. The number of nitrogens with one attached hydrogen (secondary N) is 1. The maximum absolute atomic E-state index is 12.8. The molecule has 3 aliphatic rings. The summed E-state index contributed by atoms with van der Waals surface area (Å²) in [6.45, 7) is 2.61. The topological polar surface area (TPSA) is 77.1 Å². The van der Waals surface area contributed by atoms with Crippen molar-refractivity contribution < 1.29 is 23.8 Å². The van der Waals surface area contributed by atoms with Gasteiger partial charge in [-0.25, -0.2) is 0 Å². The molecule has 1 N–H and O–H groups in total. The Morgan fingerprint density at radius 3 is 2.83 bits per heavy atom. The first kappa shape index (κ1) is 14.3. The Morgan fingerprint density at radius 2 is 1.96 bits per heavy atom. The monoisotopic (exact) mass is 318 g/mol. The van der Waals surface area contributed by atoms with E-state index in [4.69, 9.17) is 14.2 Å². The van der Waals surface area contributed by atoms with Gasteiger partial charge in [0.25, 0.3) is 5.91 Å². The van der Waals surface area contributed by atoms with Crippen molar-refractivity contribution in [1.29, 1.82) is 0 Å². The van der Waals surface area contributed by atoms with Crippen LogP contribution in [0.3, 0.4) is 0 Å². The Balaban J connectivity index is 1.58. The lowest BCUT2D eigenvalue weighted by Gasteiger charge is -2.28. The quantitative estimate of drug-likeness (QED) is 0.791. The summed E-state index contributed by atoms with van der Waals surface area (Å²) in [5.41, 5.74) is 0.544. The van der Waals surface area contributed by atoms with E-state index in [9.17, 15) is 9.59 Å². The highest BCUT2D eigenvalue weighted by Crippen LogP contribution is 2.31. The van der Waals surface area contributed by atoms with Gasteiger partial charge in [0.2, 0.25) is 5.91 Å². The smallest absolute Gasteiger partial charge is 0.254 e. The third-order valence-electron chi connectivity index (χ3n) is 4.31. The SMILES string of the molecule is O=C1N[C@@H]2COC[C@H]1CN(C(=O)c1ccc3c(c1)OCCO3)C2. The van der Waals surface area contributed by atoms with Crippen molar-refractivity contribution in [2.24, 2.45) is 5.92 Å². The van der Waals surface area contributed by atoms with Gasteiger partial charge in [0.05, 0.1) is 25.2 Å². The minimum atomic E-state index is -0.316. The summed E-state index contributed by atoms with van der Waals surface area (Å²) in [5, 5.41) is 2.92. The van der Waals surface area contributed by atoms with Crippen LogP contribution in [0.1, 0.15) is 10.4 Å². The first-order valence-corrected chi connectivity index (χ1v) is 7.78. The van der Waals surface area contributed by atoms with Gasteiger partial charge in [-0.1, -0.05) is 0 Å². The van der Waals surface area contributed by atoms with E-state index < -0.39 is 0 Å². The third kappa shape index (κ3) is 2.72. The zero-order valence-electron chi connectivity index (χ0n) is 12.6. The molecular weight excluding hydrogens is 300 g/mol. The van der Waals surface area contributed by atoms with Crippen molar-refractivity contribution in [2.45, 2.75) is 6.04 Å². The van der Waals surface area contributed by atoms with Crippen LogP contribution in [0, 0.1) is 5.92 Å². The molecule has 1 aromatic rings. The second-order valence-corrected chi connectivity index (χ2v) is 6.01. The van der Waals surface area contributed by atoms with Gasteiger partial charge in [-0.15, -0.1) is 0 Å². The summed E-state index contributed by atoms with van der Waals surface area (Å²) in [5.74, 6) is 0.796. The van der Waals surface area contributed by atoms with Crippen molar-refractivity contribution in [2.75, 3.05) is 39.5 Å². The number of ether oxygens (including phenoxy) is 3. The van der Waals surface area contributed by atoms with Crippen LogP contribution in [0.5, 0.6) is 11.5 Å². The molecule has 2 fully saturated rings. The Labute approximate surface area is 133 Å². The largest absolute Gasteiger partial charge is 0.486 e. The van der Waals surface area contributed by atoms with Gasteiger partial charge in [0, 0.05) is 18.7 Å². The van der Waals surface area contributed by atoms with Gasteiger partial charge < -0.3 is 24.4 Å². The first-order valence-electron chi connectivity index (χ1n) is 7.78. The number of fused-ring (bicyclic) bond motifs is 4. The van der Waals surface area contributed by atoms with Gasteiger partial charge in [0.1, 0.15) is 13.2 Å². The average Bonchev–Trinajstić information content (AvgIpc) is 2.82. The van der Waals surface area contributed by atoms with E-state index in [1.807, 2.05) is 0 Å². The molecule has 3 aliphatic heterocycles. The lowest BCUT2D eigenvalue weighted by molar-refractivity contribution is -0.125. The van der Waals surface area contributed by atoms with Crippen LogP contribution in [-0.2, 0) is 9.53 Å². The van der Waals surface area contributed by atoms with E-state index in [0.29, 0.717) is 56.6 Å². The van der Waals surface area contributed by atoms with E-state index in [2.05, 4.69) is 5.32 Å². The molecule has 1 aromatic carbocycles. The van der Waals surface area contributed by atoms with Crippen LogP contribution in [0.4, 0.5) is 0 Å². The molecule has 0 spiro atoms. The Kier molecular flexibility index (Phi) is 3.57. The summed E-state index contributed by atoms with van der Waals surface area (Å²) in [6.07, 6.45) is 0. The maximum Gasteiger partial charge on any atom is 0.254 e. The fourth-order valence-electron chi connectivity index (χ4n) is 3.15. The van der Waals surface area contributed by atoms with E-state index in [1.54, 1.807) is 23.1 Å². The second-order valence-electron chi connectivity index (χ2n) is 6.01. The highest BCUT2D eigenvalue weighted by atomic mass is 16.6. The zero-order chi connectivity index (χ0) is 15.8. The number of carbonyl (C=O) groups is 2. The second kappa shape index (κ2) is 5.73. The van der Waals surface area contributed by atoms with Crippen molar-refractivity contribution in [3.63, 3.8) is 0 Å². The minimum absolute atomic E-state index is 0.0371. The van der Waals surface area contributed by atoms with Crippen molar-refractivity contribution in [3.8, 4) is 11.5 Å². The predicted octanol–water partition coefficient (Wildman–Crippen LogP) is 0.0448. The summed E-state index contributed by atoms with van der Waals surface area (Å²) in [7, 11) is 0. The molecular formula is C16H18N2O5. The van der Waals surface area contributed by atoms with Crippen LogP contribution >= 0.6 is 0 Å². The number of carbonyl (C=O) groups excluding carboxylic acids is 2. The number of amides is 2. The molecule has 2 saturated heterocycles. The third-order valence-corrected chi connectivity index (χ3v) is 4.31. The van der Waals surface area contributed by atoms with Crippen LogP contribution in [-0.4, -0.2) is 62.3 Å².